The number of rotatable bonds is 6. The number of nitrogens with zero attached hydrogens (tertiary/aromatic N) is 3. The number of aliphatic hydroxyl groups excluding tert-OH is 1. The van der Waals surface area contributed by atoms with Crippen molar-refractivity contribution in [3.63, 3.8) is 0 Å². The number of aliphatic hydroxyl groups is 1. The van der Waals surface area contributed by atoms with Gasteiger partial charge in [0.15, 0.2) is 0 Å². The molecule has 0 saturated heterocycles. The van der Waals surface area contributed by atoms with Crippen molar-refractivity contribution < 1.29 is 14.6 Å². The molecule has 1 saturated carbocycles. The minimum atomic E-state index is -0.270. The van der Waals surface area contributed by atoms with Crippen LogP contribution >= 0.6 is 0 Å². The fourth-order valence-electron chi connectivity index (χ4n) is 3.67. The highest BCUT2D eigenvalue weighted by atomic mass is 16.5. The predicted octanol–water partition coefficient (Wildman–Crippen LogP) is 3.14. The molecule has 2 aromatic heterocycles. The number of carbonyl (C=O) groups excluding carboxylic acids is 1. The number of hydrogen-bond donors (Lipinski definition) is 3. The van der Waals surface area contributed by atoms with E-state index < -0.39 is 0 Å². The predicted molar refractivity (Wildman–Crippen MR) is 114 cm³/mol. The standard InChI is InChI=1S/C22H25N5O3/c1-23-21(29)19-11-17(8-9-24-19)30-16-6-7-18-15(10-16)13-26-22(27-18)25-12-14-4-2-3-5-20(14)28/h6-11,13-14,20,28H,2-5,12H2,1H3,(H,23,29)(H,25,26,27)/t14-,20+/m1/s1. The lowest BCUT2D eigenvalue weighted by atomic mass is 9.86. The molecule has 0 spiro atoms. The van der Waals surface area contributed by atoms with Crippen molar-refractivity contribution in [2.45, 2.75) is 31.8 Å². The highest BCUT2D eigenvalue weighted by molar-refractivity contribution is 5.92. The zero-order valence-electron chi connectivity index (χ0n) is 16.8. The molecule has 1 fully saturated rings. The van der Waals surface area contributed by atoms with Crippen LogP contribution < -0.4 is 15.4 Å². The van der Waals surface area contributed by atoms with Crippen LogP contribution in [-0.2, 0) is 0 Å². The third-order valence-corrected chi connectivity index (χ3v) is 5.37. The summed E-state index contributed by atoms with van der Waals surface area (Å²) in [5.41, 5.74) is 1.09. The van der Waals surface area contributed by atoms with Crippen LogP contribution in [0.3, 0.4) is 0 Å². The third kappa shape index (κ3) is 4.65. The first-order valence-electron chi connectivity index (χ1n) is 10.2. The Labute approximate surface area is 174 Å². The van der Waals surface area contributed by atoms with Crippen LogP contribution in [0.1, 0.15) is 36.2 Å². The van der Waals surface area contributed by atoms with Gasteiger partial charge >= 0.3 is 0 Å². The van der Waals surface area contributed by atoms with Crippen molar-refractivity contribution in [1.29, 1.82) is 0 Å². The van der Waals surface area contributed by atoms with E-state index in [1.807, 2.05) is 18.2 Å². The molecule has 3 N–H and O–H groups in total. The summed E-state index contributed by atoms with van der Waals surface area (Å²) in [4.78, 5) is 24.7. The molecule has 3 aromatic rings. The molecule has 2 heterocycles. The van der Waals surface area contributed by atoms with Crippen LogP contribution in [0.5, 0.6) is 11.5 Å². The molecule has 2 atom stereocenters. The van der Waals surface area contributed by atoms with Gasteiger partial charge in [-0.1, -0.05) is 12.8 Å². The maximum Gasteiger partial charge on any atom is 0.269 e. The maximum absolute atomic E-state index is 11.7. The molecule has 8 heteroatoms. The second kappa shape index (κ2) is 9.04. The molecule has 0 bridgehead atoms. The van der Waals surface area contributed by atoms with Gasteiger partial charge in [-0.15, -0.1) is 0 Å². The fourth-order valence-corrected chi connectivity index (χ4v) is 3.67. The first-order valence-corrected chi connectivity index (χ1v) is 10.2. The van der Waals surface area contributed by atoms with Gasteiger partial charge in [0.25, 0.3) is 5.91 Å². The van der Waals surface area contributed by atoms with Crippen LogP contribution in [0.25, 0.3) is 10.9 Å². The molecular formula is C22H25N5O3. The van der Waals surface area contributed by atoms with Gasteiger partial charge in [-0.2, -0.15) is 0 Å². The van der Waals surface area contributed by atoms with E-state index in [9.17, 15) is 9.90 Å². The van der Waals surface area contributed by atoms with E-state index in [0.717, 1.165) is 36.6 Å². The Hall–Kier alpha value is -3.26. The number of anilines is 1. The van der Waals surface area contributed by atoms with Gasteiger partial charge in [0.1, 0.15) is 17.2 Å². The molecule has 1 aromatic carbocycles. The molecule has 4 rings (SSSR count). The molecule has 0 aliphatic heterocycles. The number of aromatic nitrogens is 3. The summed E-state index contributed by atoms with van der Waals surface area (Å²) in [6, 6.07) is 8.83. The minimum Gasteiger partial charge on any atom is -0.457 e. The summed E-state index contributed by atoms with van der Waals surface area (Å²) in [5.74, 6) is 1.67. The SMILES string of the molecule is CNC(=O)c1cc(Oc2ccc3nc(NC[C@H]4CCCC[C@@H]4O)ncc3c2)ccn1. The maximum atomic E-state index is 11.7. The molecule has 0 radical (unpaired) electrons. The molecule has 0 unspecified atom stereocenters. The van der Waals surface area contributed by atoms with Gasteiger partial charge in [0.05, 0.1) is 11.6 Å². The Morgan fingerprint density at radius 1 is 1.17 bits per heavy atom. The summed E-state index contributed by atoms with van der Waals surface area (Å²) >= 11 is 0. The Bertz CT molecular complexity index is 1040. The number of ether oxygens (including phenoxy) is 1. The third-order valence-electron chi connectivity index (χ3n) is 5.37. The van der Waals surface area contributed by atoms with Gasteiger partial charge in [0, 0.05) is 43.4 Å². The lowest BCUT2D eigenvalue weighted by Gasteiger charge is -2.27. The Morgan fingerprint density at radius 2 is 2.00 bits per heavy atom. The quantitative estimate of drug-likeness (QED) is 0.576. The van der Waals surface area contributed by atoms with Crippen LogP contribution in [0, 0.1) is 5.92 Å². The van der Waals surface area contributed by atoms with Crippen molar-refractivity contribution in [2.24, 2.45) is 5.92 Å². The van der Waals surface area contributed by atoms with Crippen molar-refractivity contribution in [1.82, 2.24) is 20.3 Å². The van der Waals surface area contributed by atoms with Crippen LogP contribution in [0.4, 0.5) is 5.95 Å². The van der Waals surface area contributed by atoms with Crippen LogP contribution in [0.2, 0.25) is 0 Å². The molecule has 1 aliphatic carbocycles. The second-order valence-corrected chi connectivity index (χ2v) is 7.46. The van der Waals surface area contributed by atoms with E-state index in [1.165, 1.54) is 6.20 Å². The molecule has 8 nitrogen and oxygen atoms in total. The van der Waals surface area contributed by atoms with E-state index in [1.54, 1.807) is 25.4 Å². The number of hydrogen-bond acceptors (Lipinski definition) is 7. The zero-order valence-corrected chi connectivity index (χ0v) is 16.8. The van der Waals surface area contributed by atoms with E-state index >= 15 is 0 Å². The summed E-state index contributed by atoms with van der Waals surface area (Å²) in [5, 5.41) is 16.8. The fraction of sp³-hybridized carbons (Fsp3) is 0.364. The van der Waals surface area contributed by atoms with Gasteiger partial charge in [-0.3, -0.25) is 9.78 Å². The molecule has 1 aliphatic rings. The summed E-state index contributed by atoms with van der Waals surface area (Å²) in [6.07, 6.45) is 7.19. The van der Waals surface area contributed by atoms with Gasteiger partial charge < -0.3 is 20.5 Å². The highest BCUT2D eigenvalue weighted by Crippen LogP contribution is 2.26. The molecular weight excluding hydrogens is 382 g/mol. The first-order chi connectivity index (χ1) is 14.6. The monoisotopic (exact) mass is 407 g/mol. The lowest BCUT2D eigenvalue weighted by Crippen LogP contribution is -2.30. The number of amides is 1. The normalized spacial score (nSPS) is 18.7. The average Bonchev–Trinajstić information content (AvgIpc) is 2.78. The summed E-state index contributed by atoms with van der Waals surface area (Å²) in [7, 11) is 1.56. The number of benzene rings is 1. The summed E-state index contributed by atoms with van der Waals surface area (Å²) in [6.45, 7) is 0.670. The zero-order chi connectivity index (χ0) is 20.9. The summed E-state index contributed by atoms with van der Waals surface area (Å²) < 4.78 is 5.87. The van der Waals surface area contributed by atoms with E-state index in [-0.39, 0.29) is 23.6 Å². The smallest absolute Gasteiger partial charge is 0.269 e. The van der Waals surface area contributed by atoms with E-state index in [0.29, 0.717) is 24.0 Å². The molecule has 1 amide bonds. The van der Waals surface area contributed by atoms with Crippen molar-refractivity contribution >= 4 is 22.8 Å². The van der Waals surface area contributed by atoms with Gasteiger partial charge in [-0.05, 0) is 37.1 Å². The van der Waals surface area contributed by atoms with Crippen molar-refractivity contribution in [3.8, 4) is 11.5 Å². The van der Waals surface area contributed by atoms with Crippen molar-refractivity contribution in [3.05, 3.63) is 48.4 Å². The lowest BCUT2D eigenvalue weighted by molar-refractivity contribution is 0.0762. The first kappa shape index (κ1) is 20.0. The average molecular weight is 407 g/mol. The Kier molecular flexibility index (Phi) is 6.04. The Balaban J connectivity index is 1.45. The molecule has 156 valence electrons. The van der Waals surface area contributed by atoms with Crippen molar-refractivity contribution in [2.75, 3.05) is 18.9 Å². The van der Waals surface area contributed by atoms with Crippen LogP contribution in [-0.4, -0.2) is 45.7 Å². The highest BCUT2D eigenvalue weighted by Gasteiger charge is 2.22. The number of nitrogens with one attached hydrogen (secondary N) is 2. The Morgan fingerprint density at radius 3 is 2.83 bits per heavy atom. The van der Waals surface area contributed by atoms with Crippen LogP contribution in [0.15, 0.2) is 42.7 Å². The van der Waals surface area contributed by atoms with Gasteiger partial charge in [-0.25, -0.2) is 9.97 Å². The largest absolute Gasteiger partial charge is 0.457 e. The number of fused-ring (bicyclic) bond motifs is 1. The van der Waals surface area contributed by atoms with E-state index in [4.69, 9.17) is 4.74 Å². The topological polar surface area (TPSA) is 109 Å². The van der Waals surface area contributed by atoms with E-state index in [2.05, 4.69) is 25.6 Å². The minimum absolute atomic E-state index is 0.244. The number of carbonyl (C=O) groups is 1. The van der Waals surface area contributed by atoms with Gasteiger partial charge in [0.2, 0.25) is 5.95 Å². The molecule has 30 heavy (non-hydrogen) atoms. The second-order valence-electron chi connectivity index (χ2n) is 7.46. The number of pyridine rings is 1.